The molecule has 3 aromatic rings. The Morgan fingerprint density at radius 3 is 2.70 bits per heavy atom. The van der Waals surface area contributed by atoms with Crippen LogP contribution in [-0.2, 0) is 9.47 Å². The molecule has 0 radical (unpaired) electrons. The Balaban J connectivity index is 1.48. The number of anilines is 5. The predicted octanol–water partition coefficient (Wildman–Crippen LogP) is 4.30. The van der Waals surface area contributed by atoms with Crippen LogP contribution in [0, 0.1) is 0 Å². The predicted molar refractivity (Wildman–Crippen MR) is 119 cm³/mol. The fourth-order valence-electron chi connectivity index (χ4n) is 3.01. The summed E-state index contributed by atoms with van der Waals surface area (Å²) in [4.78, 5) is 23.3. The number of carbonyl (C=O) groups excluding carboxylic acids is 1. The second kappa shape index (κ2) is 9.29. The Morgan fingerprint density at radius 1 is 1.20 bits per heavy atom. The van der Waals surface area contributed by atoms with Gasteiger partial charge < -0.3 is 25.0 Å². The average molecular weight is 446 g/mol. The van der Waals surface area contributed by atoms with E-state index in [-0.39, 0.29) is 0 Å². The minimum atomic E-state index is -0.420. The van der Waals surface area contributed by atoms with Gasteiger partial charge in [0.2, 0.25) is 5.95 Å². The molecule has 8 nitrogen and oxygen atoms in total. The minimum absolute atomic E-state index is 0.338. The van der Waals surface area contributed by atoms with Crippen molar-refractivity contribution in [3.63, 3.8) is 0 Å². The molecule has 1 fully saturated rings. The van der Waals surface area contributed by atoms with Gasteiger partial charge >= 0.3 is 5.97 Å². The van der Waals surface area contributed by atoms with Crippen LogP contribution in [0.1, 0.15) is 9.67 Å². The number of halogens is 1. The van der Waals surface area contributed by atoms with Gasteiger partial charge in [0, 0.05) is 24.5 Å². The first kappa shape index (κ1) is 20.4. The number of nitrogens with zero attached hydrogens (tertiary/aromatic N) is 3. The highest BCUT2D eigenvalue weighted by Gasteiger charge is 2.16. The van der Waals surface area contributed by atoms with Crippen LogP contribution in [-0.4, -0.2) is 49.4 Å². The van der Waals surface area contributed by atoms with Crippen molar-refractivity contribution in [2.45, 2.75) is 0 Å². The molecule has 10 heteroatoms. The second-order valence-electron chi connectivity index (χ2n) is 6.44. The molecule has 1 aromatic carbocycles. The first-order valence-corrected chi connectivity index (χ1v) is 10.5. The van der Waals surface area contributed by atoms with Gasteiger partial charge in [-0.3, -0.25) is 0 Å². The molecule has 0 spiro atoms. The molecule has 1 aliphatic rings. The molecule has 0 aliphatic carbocycles. The lowest BCUT2D eigenvalue weighted by atomic mass is 10.2. The van der Waals surface area contributed by atoms with Crippen molar-refractivity contribution >= 4 is 57.7 Å². The van der Waals surface area contributed by atoms with E-state index in [1.807, 2.05) is 12.1 Å². The van der Waals surface area contributed by atoms with Gasteiger partial charge in [0.15, 0.2) is 5.82 Å². The largest absolute Gasteiger partial charge is 0.465 e. The van der Waals surface area contributed by atoms with Gasteiger partial charge in [0.25, 0.3) is 0 Å². The number of methoxy groups -OCH3 is 1. The first-order valence-electron chi connectivity index (χ1n) is 9.29. The summed E-state index contributed by atoms with van der Waals surface area (Å²) < 4.78 is 10.2. The van der Waals surface area contributed by atoms with Crippen LogP contribution in [0.15, 0.2) is 41.9 Å². The summed E-state index contributed by atoms with van der Waals surface area (Å²) in [5.41, 5.74) is 2.58. The number of ether oxygens (including phenoxy) is 2. The Morgan fingerprint density at radius 2 is 1.97 bits per heavy atom. The van der Waals surface area contributed by atoms with E-state index in [0.717, 1.165) is 37.7 Å². The summed E-state index contributed by atoms with van der Waals surface area (Å²) >= 11 is 7.52. The van der Waals surface area contributed by atoms with Gasteiger partial charge in [-0.25, -0.2) is 9.78 Å². The summed E-state index contributed by atoms with van der Waals surface area (Å²) in [6.45, 7) is 3.27. The molecular weight excluding hydrogens is 426 g/mol. The lowest BCUT2D eigenvalue weighted by Crippen LogP contribution is -2.36. The number of esters is 1. The molecule has 2 aromatic heterocycles. The van der Waals surface area contributed by atoms with Crippen molar-refractivity contribution in [1.82, 2.24) is 9.97 Å². The van der Waals surface area contributed by atoms with E-state index < -0.39 is 5.97 Å². The highest BCUT2D eigenvalue weighted by atomic mass is 35.5. The van der Waals surface area contributed by atoms with Crippen molar-refractivity contribution in [3.05, 3.63) is 51.8 Å². The molecule has 1 saturated heterocycles. The van der Waals surface area contributed by atoms with E-state index in [1.54, 1.807) is 11.4 Å². The standard InChI is InChI=1S/C20H20ClN5O3S/c1-28-19(27)17-16(6-11-30-17)24-18-15(21)12-22-20(25-18)23-13-2-4-14(5-3-13)26-7-9-29-10-8-26/h2-6,11-12H,7-10H2,1H3,(H2,22,23,24,25). The normalized spacial score (nSPS) is 13.7. The van der Waals surface area contributed by atoms with E-state index in [2.05, 4.69) is 37.6 Å². The Hall–Kier alpha value is -2.88. The van der Waals surface area contributed by atoms with E-state index in [0.29, 0.717) is 27.4 Å². The molecular formula is C20H20ClN5O3S. The highest BCUT2D eigenvalue weighted by Crippen LogP contribution is 2.30. The molecule has 0 atom stereocenters. The molecule has 30 heavy (non-hydrogen) atoms. The average Bonchev–Trinajstić information content (AvgIpc) is 3.25. The van der Waals surface area contributed by atoms with Crippen LogP contribution in [0.25, 0.3) is 0 Å². The number of carbonyl (C=O) groups is 1. The highest BCUT2D eigenvalue weighted by molar-refractivity contribution is 7.12. The fraction of sp³-hybridized carbons (Fsp3) is 0.250. The number of hydrogen-bond acceptors (Lipinski definition) is 9. The van der Waals surface area contributed by atoms with Gasteiger partial charge in [-0.05, 0) is 35.7 Å². The SMILES string of the molecule is COC(=O)c1sccc1Nc1nc(Nc2ccc(N3CCOCC3)cc2)ncc1Cl. The first-order chi connectivity index (χ1) is 14.6. The molecule has 1 aliphatic heterocycles. The van der Waals surface area contributed by atoms with Crippen molar-refractivity contribution < 1.29 is 14.3 Å². The summed E-state index contributed by atoms with van der Waals surface area (Å²) in [6, 6.07) is 9.83. The Bertz CT molecular complexity index is 1020. The summed E-state index contributed by atoms with van der Waals surface area (Å²) in [5.74, 6) is 0.356. The van der Waals surface area contributed by atoms with Crippen molar-refractivity contribution in [2.75, 3.05) is 48.9 Å². The van der Waals surface area contributed by atoms with Crippen LogP contribution in [0.4, 0.5) is 28.8 Å². The van der Waals surface area contributed by atoms with E-state index in [4.69, 9.17) is 21.1 Å². The number of thiophene rings is 1. The number of nitrogens with one attached hydrogen (secondary N) is 2. The maximum absolute atomic E-state index is 11.9. The Kier molecular flexibility index (Phi) is 6.32. The smallest absolute Gasteiger partial charge is 0.350 e. The lowest BCUT2D eigenvalue weighted by Gasteiger charge is -2.28. The number of aromatic nitrogens is 2. The fourth-order valence-corrected chi connectivity index (χ4v) is 3.91. The number of rotatable bonds is 6. The maximum atomic E-state index is 11.9. The van der Waals surface area contributed by atoms with Crippen molar-refractivity contribution in [2.24, 2.45) is 0 Å². The molecule has 0 bridgehead atoms. The van der Waals surface area contributed by atoms with Crippen LogP contribution < -0.4 is 15.5 Å². The summed E-state index contributed by atoms with van der Waals surface area (Å²) in [7, 11) is 1.34. The molecule has 2 N–H and O–H groups in total. The van der Waals surface area contributed by atoms with Crippen molar-refractivity contribution in [3.8, 4) is 0 Å². The third kappa shape index (κ3) is 4.64. The maximum Gasteiger partial charge on any atom is 0.350 e. The van der Waals surface area contributed by atoms with E-state index in [1.165, 1.54) is 24.6 Å². The van der Waals surface area contributed by atoms with Gasteiger partial charge in [0.1, 0.15) is 9.90 Å². The van der Waals surface area contributed by atoms with E-state index >= 15 is 0 Å². The van der Waals surface area contributed by atoms with Gasteiger partial charge in [-0.2, -0.15) is 4.98 Å². The second-order valence-corrected chi connectivity index (χ2v) is 7.76. The van der Waals surface area contributed by atoms with Gasteiger partial charge in [-0.1, -0.05) is 11.6 Å². The lowest BCUT2D eigenvalue weighted by molar-refractivity contribution is 0.0607. The molecule has 0 amide bonds. The molecule has 0 unspecified atom stereocenters. The molecule has 4 rings (SSSR count). The van der Waals surface area contributed by atoms with Crippen LogP contribution in [0.2, 0.25) is 5.02 Å². The van der Waals surface area contributed by atoms with E-state index in [9.17, 15) is 4.79 Å². The third-order valence-electron chi connectivity index (χ3n) is 4.53. The summed E-state index contributed by atoms with van der Waals surface area (Å²) in [5, 5.41) is 8.39. The minimum Gasteiger partial charge on any atom is -0.465 e. The van der Waals surface area contributed by atoms with Crippen molar-refractivity contribution in [1.29, 1.82) is 0 Å². The zero-order valence-electron chi connectivity index (χ0n) is 16.2. The number of benzene rings is 1. The zero-order valence-corrected chi connectivity index (χ0v) is 17.8. The van der Waals surface area contributed by atoms with Gasteiger partial charge in [-0.15, -0.1) is 11.3 Å². The third-order valence-corrected chi connectivity index (χ3v) is 5.70. The monoisotopic (exact) mass is 445 g/mol. The van der Waals surface area contributed by atoms with Crippen LogP contribution in [0.3, 0.4) is 0 Å². The molecule has 156 valence electrons. The summed E-state index contributed by atoms with van der Waals surface area (Å²) in [6.07, 6.45) is 1.51. The topological polar surface area (TPSA) is 88.6 Å². The van der Waals surface area contributed by atoms with Gasteiger partial charge in [0.05, 0.1) is 32.2 Å². The van der Waals surface area contributed by atoms with Crippen LogP contribution in [0.5, 0.6) is 0 Å². The Labute approximate surface area is 182 Å². The molecule has 3 heterocycles. The number of hydrogen-bond donors (Lipinski definition) is 2. The number of morpholine rings is 1. The zero-order chi connectivity index (χ0) is 20.9. The molecule has 0 saturated carbocycles. The van der Waals surface area contributed by atoms with Crippen LogP contribution >= 0.6 is 22.9 Å². The quantitative estimate of drug-likeness (QED) is 0.543.